The molecule has 0 radical (unpaired) electrons. The summed E-state index contributed by atoms with van der Waals surface area (Å²) in [6.45, 7) is 4.54. The van der Waals surface area contributed by atoms with E-state index in [0.717, 1.165) is 25.9 Å². The molecule has 15 heavy (non-hydrogen) atoms. The summed E-state index contributed by atoms with van der Waals surface area (Å²) in [7, 11) is 0. The Morgan fingerprint density at radius 2 is 2.00 bits per heavy atom. The van der Waals surface area contributed by atoms with Crippen molar-refractivity contribution < 1.29 is 15.3 Å². The number of unbranched alkanes of at least 4 members (excludes halogenated alkanes) is 1. The van der Waals surface area contributed by atoms with Crippen molar-refractivity contribution in [3.63, 3.8) is 0 Å². The van der Waals surface area contributed by atoms with Crippen molar-refractivity contribution in [2.45, 2.75) is 38.4 Å². The van der Waals surface area contributed by atoms with Gasteiger partial charge in [0.25, 0.3) is 0 Å². The summed E-state index contributed by atoms with van der Waals surface area (Å²) in [6, 6.07) is 0. The van der Waals surface area contributed by atoms with Crippen LogP contribution < -0.4 is 0 Å². The van der Waals surface area contributed by atoms with Crippen LogP contribution in [0.25, 0.3) is 0 Å². The highest BCUT2D eigenvalue weighted by molar-refractivity contribution is 4.86. The van der Waals surface area contributed by atoms with Gasteiger partial charge in [-0.2, -0.15) is 0 Å². The van der Waals surface area contributed by atoms with Crippen molar-refractivity contribution in [3.05, 3.63) is 0 Å². The van der Waals surface area contributed by atoms with Gasteiger partial charge in [-0.1, -0.05) is 13.3 Å². The molecule has 90 valence electrons. The first kappa shape index (κ1) is 12.9. The number of β-amino-alcohol motifs (C(OH)–C–C–N with tert-alkyl or cyclic N) is 1. The maximum Gasteiger partial charge on any atom is 0.0928 e. The summed E-state index contributed by atoms with van der Waals surface area (Å²) in [5.74, 6) is 0.00982. The molecular weight excluding hydrogens is 194 g/mol. The summed E-state index contributed by atoms with van der Waals surface area (Å²) in [5.41, 5.74) is 0. The van der Waals surface area contributed by atoms with Gasteiger partial charge in [0.05, 0.1) is 12.2 Å². The molecular formula is C11H23NO3. The minimum Gasteiger partial charge on any atom is -0.396 e. The van der Waals surface area contributed by atoms with E-state index in [0.29, 0.717) is 13.0 Å². The van der Waals surface area contributed by atoms with Crippen LogP contribution in [-0.2, 0) is 0 Å². The second-order valence-electron chi connectivity index (χ2n) is 4.44. The van der Waals surface area contributed by atoms with Gasteiger partial charge in [-0.3, -0.25) is 0 Å². The van der Waals surface area contributed by atoms with E-state index in [1.165, 1.54) is 0 Å². The number of hydrogen-bond donors (Lipinski definition) is 3. The van der Waals surface area contributed by atoms with Crippen molar-refractivity contribution >= 4 is 0 Å². The Kier molecular flexibility index (Phi) is 5.53. The van der Waals surface area contributed by atoms with Crippen LogP contribution in [0.3, 0.4) is 0 Å². The molecule has 1 saturated heterocycles. The fourth-order valence-electron chi connectivity index (χ4n) is 2.19. The predicted molar refractivity (Wildman–Crippen MR) is 58.6 cm³/mol. The minimum absolute atomic E-state index is 0.00982. The molecule has 0 bridgehead atoms. The van der Waals surface area contributed by atoms with Crippen LogP contribution in [0.15, 0.2) is 0 Å². The molecule has 3 atom stereocenters. The third-order valence-corrected chi connectivity index (χ3v) is 3.14. The largest absolute Gasteiger partial charge is 0.396 e. The number of aliphatic hydroxyl groups excluding tert-OH is 3. The van der Waals surface area contributed by atoms with Crippen molar-refractivity contribution in [1.29, 1.82) is 0 Å². The van der Waals surface area contributed by atoms with Gasteiger partial charge in [-0.05, 0) is 19.4 Å². The predicted octanol–water partition coefficient (Wildman–Crippen LogP) is -0.178. The molecule has 4 heteroatoms. The summed E-state index contributed by atoms with van der Waals surface area (Å²) in [4.78, 5) is 2.18. The summed E-state index contributed by atoms with van der Waals surface area (Å²) >= 11 is 0. The molecule has 0 aromatic rings. The quantitative estimate of drug-likeness (QED) is 0.598. The second kappa shape index (κ2) is 6.43. The van der Waals surface area contributed by atoms with E-state index in [-0.39, 0.29) is 12.5 Å². The van der Waals surface area contributed by atoms with E-state index in [2.05, 4.69) is 11.8 Å². The summed E-state index contributed by atoms with van der Waals surface area (Å²) in [5, 5.41) is 28.3. The van der Waals surface area contributed by atoms with Crippen LogP contribution in [0.2, 0.25) is 0 Å². The monoisotopic (exact) mass is 217 g/mol. The average Bonchev–Trinajstić information content (AvgIpc) is 2.22. The zero-order valence-electron chi connectivity index (χ0n) is 9.47. The van der Waals surface area contributed by atoms with E-state index in [9.17, 15) is 10.2 Å². The zero-order valence-corrected chi connectivity index (χ0v) is 9.47. The lowest BCUT2D eigenvalue weighted by atomic mass is 9.90. The van der Waals surface area contributed by atoms with Gasteiger partial charge in [0.15, 0.2) is 0 Å². The maximum atomic E-state index is 9.72. The first-order chi connectivity index (χ1) is 7.19. The highest BCUT2D eigenvalue weighted by Crippen LogP contribution is 2.20. The number of nitrogens with zero attached hydrogens (tertiary/aromatic N) is 1. The zero-order chi connectivity index (χ0) is 11.3. The number of hydrogen-bond acceptors (Lipinski definition) is 4. The van der Waals surface area contributed by atoms with Gasteiger partial charge in [0.2, 0.25) is 0 Å². The normalized spacial score (nSPS) is 33.2. The van der Waals surface area contributed by atoms with Crippen molar-refractivity contribution in [2.24, 2.45) is 5.92 Å². The highest BCUT2D eigenvalue weighted by Gasteiger charge is 2.33. The van der Waals surface area contributed by atoms with Gasteiger partial charge in [-0.25, -0.2) is 0 Å². The van der Waals surface area contributed by atoms with E-state index in [1.54, 1.807) is 0 Å². The van der Waals surface area contributed by atoms with Gasteiger partial charge >= 0.3 is 0 Å². The molecule has 0 aliphatic carbocycles. The van der Waals surface area contributed by atoms with E-state index < -0.39 is 12.2 Å². The number of aliphatic hydroxyl groups is 3. The fourth-order valence-corrected chi connectivity index (χ4v) is 2.19. The van der Waals surface area contributed by atoms with Crippen molar-refractivity contribution in [3.8, 4) is 0 Å². The van der Waals surface area contributed by atoms with Crippen molar-refractivity contribution in [1.82, 2.24) is 4.90 Å². The lowest BCUT2D eigenvalue weighted by Gasteiger charge is -2.39. The first-order valence-electron chi connectivity index (χ1n) is 5.88. The summed E-state index contributed by atoms with van der Waals surface area (Å²) < 4.78 is 0. The van der Waals surface area contributed by atoms with E-state index >= 15 is 0 Å². The lowest BCUT2D eigenvalue weighted by Crippen LogP contribution is -2.52. The molecule has 0 spiro atoms. The van der Waals surface area contributed by atoms with Crippen LogP contribution in [0.4, 0.5) is 0 Å². The molecule has 0 aromatic heterocycles. The molecule has 0 saturated carbocycles. The van der Waals surface area contributed by atoms with Gasteiger partial charge in [0, 0.05) is 25.6 Å². The topological polar surface area (TPSA) is 63.9 Å². The molecule has 1 aliphatic heterocycles. The maximum absolute atomic E-state index is 9.72. The molecule has 1 heterocycles. The van der Waals surface area contributed by atoms with Crippen LogP contribution in [0, 0.1) is 5.92 Å². The Morgan fingerprint density at radius 3 is 2.60 bits per heavy atom. The van der Waals surface area contributed by atoms with Crippen LogP contribution in [0.5, 0.6) is 0 Å². The molecule has 0 unspecified atom stereocenters. The van der Waals surface area contributed by atoms with Gasteiger partial charge in [0.1, 0.15) is 0 Å². The number of likely N-dealkylation sites (tertiary alicyclic amines) is 1. The molecule has 1 aliphatic rings. The minimum atomic E-state index is -0.671. The lowest BCUT2D eigenvalue weighted by molar-refractivity contribution is -0.0786. The molecule has 0 amide bonds. The smallest absolute Gasteiger partial charge is 0.0928 e. The number of rotatable bonds is 5. The summed E-state index contributed by atoms with van der Waals surface area (Å²) in [6.07, 6.45) is 1.50. The van der Waals surface area contributed by atoms with Gasteiger partial charge < -0.3 is 20.2 Å². The molecule has 0 aromatic carbocycles. The first-order valence-corrected chi connectivity index (χ1v) is 5.88. The Hall–Kier alpha value is -0.160. The number of piperidine rings is 1. The fraction of sp³-hybridized carbons (Fsp3) is 1.00. The van der Waals surface area contributed by atoms with E-state index in [4.69, 9.17) is 5.11 Å². The Bertz CT molecular complexity index is 177. The van der Waals surface area contributed by atoms with E-state index in [1.807, 2.05) is 0 Å². The second-order valence-corrected chi connectivity index (χ2v) is 4.44. The molecule has 1 fully saturated rings. The SMILES string of the molecule is CCCCN1C[C@@H](CCO)[C@@H](O)[C@H](O)C1. The third-order valence-electron chi connectivity index (χ3n) is 3.14. The molecule has 3 N–H and O–H groups in total. The van der Waals surface area contributed by atoms with Gasteiger partial charge in [-0.15, -0.1) is 0 Å². The van der Waals surface area contributed by atoms with Crippen LogP contribution in [0.1, 0.15) is 26.2 Å². The molecule has 1 rings (SSSR count). The molecule has 4 nitrogen and oxygen atoms in total. The average molecular weight is 217 g/mol. The third kappa shape index (κ3) is 3.72. The Labute approximate surface area is 91.5 Å². The standard InChI is InChI=1S/C11H23NO3/c1-2-3-5-12-7-9(4-6-13)11(15)10(14)8-12/h9-11,13-15H,2-8H2,1H3/t9-,10-,11-/m1/s1. The van der Waals surface area contributed by atoms with Crippen LogP contribution >= 0.6 is 0 Å². The Morgan fingerprint density at radius 1 is 1.27 bits per heavy atom. The van der Waals surface area contributed by atoms with Crippen molar-refractivity contribution in [2.75, 3.05) is 26.2 Å². The van der Waals surface area contributed by atoms with Crippen LogP contribution in [-0.4, -0.2) is 58.7 Å². The highest BCUT2D eigenvalue weighted by atomic mass is 16.3. The Balaban J connectivity index is 2.43.